The predicted molar refractivity (Wildman–Crippen MR) is 83.9 cm³/mol. The van der Waals surface area contributed by atoms with Crippen molar-refractivity contribution in [3.63, 3.8) is 0 Å². The molecule has 1 amide bonds. The molecule has 0 spiro atoms. The Bertz CT molecular complexity index is 720. The number of amides is 1. The molecular formula is C16H16FN3OS. The summed E-state index contributed by atoms with van der Waals surface area (Å²) in [4.78, 5) is 14.5. The molecule has 114 valence electrons. The van der Waals surface area contributed by atoms with E-state index in [9.17, 15) is 9.18 Å². The molecule has 2 aliphatic rings. The molecule has 6 heteroatoms. The van der Waals surface area contributed by atoms with E-state index in [1.165, 1.54) is 12.1 Å². The van der Waals surface area contributed by atoms with Crippen LogP contribution in [0.3, 0.4) is 0 Å². The van der Waals surface area contributed by atoms with Gasteiger partial charge >= 0.3 is 0 Å². The fourth-order valence-electron chi connectivity index (χ4n) is 3.13. The van der Waals surface area contributed by atoms with Crippen molar-refractivity contribution in [1.82, 2.24) is 14.7 Å². The van der Waals surface area contributed by atoms with Crippen molar-refractivity contribution >= 4 is 17.7 Å². The molecule has 1 aromatic carbocycles. The van der Waals surface area contributed by atoms with Gasteiger partial charge in [-0.3, -0.25) is 4.79 Å². The average molecular weight is 317 g/mol. The molecule has 1 saturated heterocycles. The zero-order valence-corrected chi connectivity index (χ0v) is 12.9. The van der Waals surface area contributed by atoms with E-state index in [0.29, 0.717) is 5.69 Å². The van der Waals surface area contributed by atoms with Crippen LogP contribution < -0.4 is 0 Å². The van der Waals surface area contributed by atoms with Crippen molar-refractivity contribution in [2.45, 2.75) is 19.3 Å². The van der Waals surface area contributed by atoms with Crippen LogP contribution in [0.2, 0.25) is 0 Å². The van der Waals surface area contributed by atoms with E-state index >= 15 is 0 Å². The maximum atomic E-state index is 13.1. The van der Waals surface area contributed by atoms with E-state index in [0.717, 1.165) is 54.4 Å². The minimum Gasteiger partial charge on any atom is -0.327 e. The van der Waals surface area contributed by atoms with Crippen LogP contribution in [0.25, 0.3) is 5.69 Å². The van der Waals surface area contributed by atoms with Crippen molar-refractivity contribution in [1.29, 1.82) is 0 Å². The fourth-order valence-corrected chi connectivity index (χ4v) is 4.07. The number of halogens is 1. The van der Waals surface area contributed by atoms with Crippen LogP contribution in [0.1, 0.15) is 28.2 Å². The van der Waals surface area contributed by atoms with Gasteiger partial charge in [-0.1, -0.05) is 0 Å². The quantitative estimate of drug-likeness (QED) is 0.855. The van der Waals surface area contributed by atoms with Gasteiger partial charge in [0.2, 0.25) is 0 Å². The van der Waals surface area contributed by atoms with E-state index in [4.69, 9.17) is 0 Å². The van der Waals surface area contributed by atoms with E-state index in [-0.39, 0.29) is 11.7 Å². The van der Waals surface area contributed by atoms with Gasteiger partial charge < -0.3 is 4.90 Å². The Morgan fingerprint density at radius 1 is 1.23 bits per heavy atom. The summed E-state index contributed by atoms with van der Waals surface area (Å²) in [5.41, 5.74) is 3.57. The van der Waals surface area contributed by atoms with Crippen LogP contribution in [0.15, 0.2) is 24.3 Å². The summed E-state index contributed by atoms with van der Waals surface area (Å²) in [5, 5.41) is 4.57. The molecular weight excluding hydrogens is 301 g/mol. The summed E-state index contributed by atoms with van der Waals surface area (Å²) >= 11 is 1.77. The molecule has 1 aromatic heterocycles. The summed E-state index contributed by atoms with van der Waals surface area (Å²) in [6, 6.07) is 6.27. The van der Waals surface area contributed by atoms with Crippen LogP contribution >= 0.6 is 11.8 Å². The van der Waals surface area contributed by atoms with E-state index in [2.05, 4.69) is 5.10 Å². The van der Waals surface area contributed by atoms with Crippen LogP contribution in [0, 0.1) is 5.82 Å². The van der Waals surface area contributed by atoms with E-state index < -0.39 is 0 Å². The first kappa shape index (κ1) is 13.8. The van der Waals surface area contributed by atoms with Gasteiger partial charge in [-0.15, -0.1) is 11.8 Å². The highest BCUT2D eigenvalue weighted by atomic mass is 32.2. The Morgan fingerprint density at radius 3 is 2.77 bits per heavy atom. The summed E-state index contributed by atoms with van der Waals surface area (Å²) < 4.78 is 14.9. The molecule has 1 fully saturated rings. The van der Waals surface area contributed by atoms with Gasteiger partial charge in [0.1, 0.15) is 5.82 Å². The molecule has 0 N–H and O–H groups in total. The second kappa shape index (κ2) is 5.43. The highest BCUT2D eigenvalue weighted by Gasteiger charge is 2.30. The Morgan fingerprint density at radius 2 is 2.05 bits per heavy atom. The molecule has 22 heavy (non-hydrogen) atoms. The van der Waals surface area contributed by atoms with Crippen LogP contribution in [0.4, 0.5) is 4.39 Å². The van der Waals surface area contributed by atoms with Crippen molar-refractivity contribution < 1.29 is 9.18 Å². The number of hydrogen-bond donors (Lipinski definition) is 0. The number of nitrogens with zero attached hydrogens (tertiary/aromatic N) is 3. The predicted octanol–water partition coefficient (Wildman–Crippen LogP) is 2.65. The molecule has 4 rings (SSSR count). The number of carbonyl (C=O) groups excluding carboxylic acids is 1. The Labute approximate surface area is 132 Å². The number of thioether (sulfide) groups is 1. The first-order chi connectivity index (χ1) is 10.7. The summed E-state index contributed by atoms with van der Waals surface area (Å²) in [6.07, 6.45) is 2.86. The first-order valence-corrected chi connectivity index (χ1v) is 8.63. The topological polar surface area (TPSA) is 38.1 Å². The van der Waals surface area contributed by atoms with Gasteiger partial charge in [-0.05, 0) is 43.5 Å². The highest BCUT2D eigenvalue weighted by molar-refractivity contribution is 7.99. The standard InChI is InChI=1S/C16H16FN3OS/c17-11-4-6-12(7-5-11)20-14-3-1-2-13(14)15(18-20)16(21)19-8-9-22-10-19/h4-7H,1-3,8-10H2. The molecule has 2 aromatic rings. The van der Waals surface area contributed by atoms with Gasteiger partial charge in [0.25, 0.3) is 5.91 Å². The van der Waals surface area contributed by atoms with Crippen LogP contribution in [-0.2, 0) is 12.8 Å². The third kappa shape index (κ3) is 2.22. The van der Waals surface area contributed by atoms with Gasteiger partial charge in [-0.2, -0.15) is 5.10 Å². The molecule has 1 aliphatic carbocycles. The molecule has 0 saturated carbocycles. The van der Waals surface area contributed by atoms with Crippen molar-refractivity contribution in [3.8, 4) is 5.69 Å². The number of carbonyl (C=O) groups is 1. The largest absolute Gasteiger partial charge is 0.327 e. The molecule has 0 radical (unpaired) electrons. The number of hydrogen-bond acceptors (Lipinski definition) is 3. The summed E-state index contributed by atoms with van der Waals surface area (Å²) in [6.45, 7) is 0.793. The summed E-state index contributed by atoms with van der Waals surface area (Å²) in [5.74, 6) is 1.51. The van der Waals surface area contributed by atoms with Crippen LogP contribution in [0.5, 0.6) is 0 Å². The maximum Gasteiger partial charge on any atom is 0.275 e. The lowest BCUT2D eigenvalue weighted by Crippen LogP contribution is -2.29. The molecule has 2 heterocycles. The Kier molecular flexibility index (Phi) is 3.41. The van der Waals surface area contributed by atoms with Crippen molar-refractivity contribution in [3.05, 3.63) is 47.0 Å². The third-order valence-corrected chi connectivity index (χ3v) is 5.21. The van der Waals surface area contributed by atoms with E-state index in [1.54, 1.807) is 23.9 Å². The third-order valence-electron chi connectivity index (χ3n) is 4.24. The second-order valence-corrected chi connectivity index (χ2v) is 6.70. The zero-order valence-electron chi connectivity index (χ0n) is 12.1. The SMILES string of the molecule is O=C(c1nn(-c2ccc(F)cc2)c2c1CCC2)N1CCSC1. The second-order valence-electron chi connectivity index (χ2n) is 5.62. The number of benzene rings is 1. The Hall–Kier alpha value is -1.82. The minimum absolute atomic E-state index is 0.0315. The lowest BCUT2D eigenvalue weighted by Gasteiger charge is -2.13. The molecule has 1 aliphatic heterocycles. The smallest absolute Gasteiger partial charge is 0.275 e. The molecule has 0 unspecified atom stereocenters. The monoisotopic (exact) mass is 317 g/mol. The van der Waals surface area contributed by atoms with Gasteiger partial charge in [0.05, 0.1) is 11.6 Å². The van der Waals surface area contributed by atoms with Gasteiger partial charge in [-0.25, -0.2) is 9.07 Å². The van der Waals surface area contributed by atoms with Crippen molar-refractivity contribution in [2.75, 3.05) is 18.2 Å². The first-order valence-electron chi connectivity index (χ1n) is 7.48. The molecule has 4 nitrogen and oxygen atoms in total. The lowest BCUT2D eigenvalue weighted by molar-refractivity contribution is 0.0795. The number of rotatable bonds is 2. The molecule has 0 atom stereocenters. The van der Waals surface area contributed by atoms with Gasteiger partial charge in [0, 0.05) is 23.6 Å². The number of aromatic nitrogens is 2. The van der Waals surface area contributed by atoms with Gasteiger partial charge in [0.15, 0.2) is 5.69 Å². The Balaban J connectivity index is 1.76. The highest BCUT2D eigenvalue weighted by Crippen LogP contribution is 2.29. The lowest BCUT2D eigenvalue weighted by atomic mass is 10.2. The molecule has 0 bridgehead atoms. The van der Waals surface area contributed by atoms with Crippen LogP contribution in [-0.4, -0.2) is 38.8 Å². The number of fused-ring (bicyclic) bond motifs is 1. The van der Waals surface area contributed by atoms with E-state index in [1.807, 2.05) is 9.58 Å². The fraction of sp³-hybridized carbons (Fsp3) is 0.375. The summed E-state index contributed by atoms with van der Waals surface area (Å²) in [7, 11) is 0. The van der Waals surface area contributed by atoms with Crippen molar-refractivity contribution in [2.24, 2.45) is 0 Å². The zero-order chi connectivity index (χ0) is 15.1. The normalized spacial score (nSPS) is 17.0. The average Bonchev–Trinajstić information content (AvgIpc) is 3.25. The minimum atomic E-state index is -0.266. The maximum absolute atomic E-state index is 13.1.